The lowest BCUT2D eigenvalue weighted by atomic mass is 10.2. The number of imide groups is 1. The van der Waals surface area contributed by atoms with E-state index in [1.54, 1.807) is 35.2 Å². The fourth-order valence-electron chi connectivity index (χ4n) is 4.27. The van der Waals surface area contributed by atoms with Crippen molar-refractivity contribution >= 4 is 69.1 Å². The van der Waals surface area contributed by atoms with Crippen LogP contribution in [-0.2, 0) is 14.4 Å². The van der Waals surface area contributed by atoms with Gasteiger partial charge >= 0.3 is 0 Å². The molecule has 0 saturated carbocycles. The zero-order valence-electron chi connectivity index (χ0n) is 21.6. The van der Waals surface area contributed by atoms with E-state index in [1.165, 1.54) is 0 Å². The van der Waals surface area contributed by atoms with Crippen LogP contribution in [0.3, 0.4) is 0 Å². The van der Waals surface area contributed by atoms with Crippen molar-refractivity contribution in [1.82, 2.24) is 9.80 Å². The number of nitrogens with zero attached hydrogens (tertiary/aromatic N) is 2. The number of thioether (sulfide) groups is 1. The second kappa shape index (κ2) is 13.8. The molecule has 2 aromatic carbocycles. The van der Waals surface area contributed by atoms with Crippen molar-refractivity contribution in [2.75, 3.05) is 38.2 Å². The van der Waals surface area contributed by atoms with Crippen molar-refractivity contribution in [3.63, 3.8) is 0 Å². The van der Waals surface area contributed by atoms with E-state index in [0.29, 0.717) is 46.0 Å². The lowest BCUT2D eigenvalue weighted by Crippen LogP contribution is -2.42. The zero-order valence-corrected chi connectivity index (χ0v) is 24.6. The first-order valence-electron chi connectivity index (χ1n) is 12.8. The molecule has 0 unspecified atom stereocenters. The van der Waals surface area contributed by atoms with Crippen LogP contribution in [0.15, 0.2) is 47.4 Å². The number of likely N-dealkylation sites (tertiary alicyclic amines) is 1. The molecule has 2 aliphatic rings. The highest BCUT2D eigenvalue weighted by molar-refractivity contribution is 14.1. The molecule has 9 nitrogen and oxygen atoms in total. The maximum absolute atomic E-state index is 13.0. The predicted molar refractivity (Wildman–Crippen MR) is 159 cm³/mol. The first-order chi connectivity index (χ1) is 18.9. The molecule has 0 spiro atoms. The lowest BCUT2D eigenvalue weighted by molar-refractivity contribution is -0.135. The minimum Gasteiger partial charge on any atom is -0.490 e. The SMILES string of the molecule is CCOc1cc(C=C2SC(=O)N(CC(=O)N3CCCCCC3)C2=O)cc(I)c1OCC(=O)Nc1ccccc1. The van der Waals surface area contributed by atoms with E-state index in [-0.39, 0.29) is 29.9 Å². The number of carbonyl (C=O) groups excluding carboxylic acids is 4. The third-order valence-corrected chi connectivity index (χ3v) is 7.87. The molecule has 0 atom stereocenters. The van der Waals surface area contributed by atoms with Crippen molar-refractivity contribution in [2.45, 2.75) is 32.6 Å². The Kier molecular flexibility index (Phi) is 10.3. The van der Waals surface area contributed by atoms with Gasteiger partial charge in [0.1, 0.15) is 6.54 Å². The van der Waals surface area contributed by atoms with Crippen molar-refractivity contribution in [3.8, 4) is 11.5 Å². The molecule has 206 valence electrons. The Morgan fingerprint density at radius 3 is 2.46 bits per heavy atom. The molecule has 11 heteroatoms. The lowest BCUT2D eigenvalue weighted by Gasteiger charge is -2.22. The highest BCUT2D eigenvalue weighted by Crippen LogP contribution is 2.37. The molecular formula is C28H30IN3O6S. The normalized spacial score (nSPS) is 16.8. The first kappa shape index (κ1) is 28.9. The van der Waals surface area contributed by atoms with Gasteiger partial charge in [0.2, 0.25) is 5.91 Å². The van der Waals surface area contributed by atoms with Crippen LogP contribution in [0, 0.1) is 3.57 Å². The fourth-order valence-corrected chi connectivity index (χ4v) is 5.89. The number of halogens is 1. The average molecular weight is 664 g/mol. The zero-order chi connectivity index (χ0) is 27.8. The summed E-state index contributed by atoms with van der Waals surface area (Å²) in [5, 5.41) is 2.31. The standard InChI is InChI=1S/C28H30IN3O6S/c1-2-37-22-15-19(14-21(29)26(22)38-18-24(33)30-20-10-6-5-7-11-20)16-23-27(35)32(28(36)39-23)17-25(34)31-12-8-3-4-9-13-31/h5-7,10-11,14-16H,2-4,8-9,12-13,17-18H2,1H3,(H,30,33). The quantitative estimate of drug-likeness (QED) is 0.293. The summed E-state index contributed by atoms with van der Waals surface area (Å²) in [7, 11) is 0. The minimum absolute atomic E-state index is 0.202. The van der Waals surface area contributed by atoms with E-state index < -0.39 is 11.1 Å². The molecule has 4 amide bonds. The molecule has 0 aromatic heterocycles. The minimum atomic E-state index is -0.487. The number of carbonyl (C=O) groups is 4. The molecule has 0 bridgehead atoms. The summed E-state index contributed by atoms with van der Waals surface area (Å²) in [6, 6.07) is 12.6. The summed E-state index contributed by atoms with van der Waals surface area (Å²) in [6.45, 7) is 3.05. The average Bonchev–Trinajstić information content (AvgIpc) is 3.09. The molecule has 2 aromatic rings. The molecule has 2 heterocycles. The maximum Gasteiger partial charge on any atom is 0.294 e. The van der Waals surface area contributed by atoms with Gasteiger partial charge in [-0.15, -0.1) is 0 Å². The van der Waals surface area contributed by atoms with Crippen LogP contribution in [0.5, 0.6) is 11.5 Å². The van der Waals surface area contributed by atoms with Crippen LogP contribution in [0.1, 0.15) is 38.2 Å². The molecule has 2 saturated heterocycles. The van der Waals surface area contributed by atoms with Gasteiger partial charge in [-0.2, -0.15) is 0 Å². The summed E-state index contributed by atoms with van der Waals surface area (Å²) in [6.07, 6.45) is 5.65. The molecule has 2 fully saturated rings. The summed E-state index contributed by atoms with van der Waals surface area (Å²) in [5.74, 6) is -0.176. The van der Waals surface area contributed by atoms with Crippen molar-refractivity contribution in [2.24, 2.45) is 0 Å². The van der Waals surface area contributed by atoms with Crippen LogP contribution in [0.25, 0.3) is 6.08 Å². The third-order valence-electron chi connectivity index (χ3n) is 6.16. The Bertz CT molecular complexity index is 1260. The number of para-hydroxylation sites is 1. The van der Waals surface area contributed by atoms with Crippen LogP contribution in [0.2, 0.25) is 0 Å². The molecule has 4 rings (SSSR count). The van der Waals surface area contributed by atoms with Gasteiger partial charge in [0.15, 0.2) is 18.1 Å². The van der Waals surface area contributed by atoms with E-state index in [9.17, 15) is 19.2 Å². The van der Waals surface area contributed by atoms with E-state index >= 15 is 0 Å². The predicted octanol–water partition coefficient (Wildman–Crippen LogP) is 5.15. The Balaban J connectivity index is 1.45. The van der Waals surface area contributed by atoms with Crippen LogP contribution in [0.4, 0.5) is 10.5 Å². The third kappa shape index (κ3) is 7.75. The van der Waals surface area contributed by atoms with Crippen molar-refractivity contribution in [3.05, 3.63) is 56.5 Å². The topological polar surface area (TPSA) is 105 Å². The second-order valence-corrected chi connectivity index (χ2v) is 11.2. The van der Waals surface area contributed by atoms with Gasteiger partial charge in [0.05, 0.1) is 15.1 Å². The molecule has 39 heavy (non-hydrogen) atoms. The highest BCUT2D eigenvalue weighted by Gasteiger charge is 2.37. The first-order valence-corrected chi connectivity index (χ1v) is 14.7. The number of hydrogen-bond donors (Lipinski definition) is 1. The van der Waals surface area contributed by atoms with Gasteiger partial charge in [-0.1, -0.05) is 31.0 Å². The second-order valence-electron chi connectivity index (χ2n) is 9.03. The number of rotatable bonds is 9. The van der Waals surface area contributed by atoms with E-state index in [2.05, 4.69) is 27.9 Å². The molecule has 0 radical (unpaired) electrons. The molecule has 0 aliphatic carbocycles. The van der Waals surface area contributed by atoms with E-state index in [4.69, 9.17) is 9.47 Å². The van der Waals surface area contributed by atoms with E-state index in [0.717, 1.165) is 42.3 Å². The van der Waals surface area contributed by atoms with E-state index in [1.807, 2.05) is 25.1 Å². The summed E-state index contributed by atoms with van der Waals surface area (Å²) >= 11 is 2.89. The van der Waals surface area contributed by atoms with Crippen molar-refractivity contribution < 1.29 is 28.7 Å². The molecular weight excluding hydrogens is 633 g/mol. The molecule has 1 N–H and O–H groups in total. The number of benzene rings is 2. The van der Waals surface area contributed by atoms with Gasteiger partial charge in [-0.25, -0.2) is 0 Å². The number of ether oxygens (including phenoxy) is 2. The fraction of sp³-hybridized carbons (Fsp3) is 0.357. The summed E-state index contributed by atoms with van der Waals surface area (Å²) in [4.78, 5) is 53.8. The van der Waals surface area contributed by atoms with Crippen LogP contribution < -0.4 is 14.8 Å². The summed E-state index contributed by atoms with van der Waals surface area (Å²) in [5.41, 5.74) is 1.30. The maximum atomic E-state index is 13.0. The Morgan fingerprint density at radius 1 is 1.05 bits per heavy atom. The largest absolute Gasteiger partial charge is 0.490 e. The van der Waals surface area contributed by atoms with Gasteiger partial charge in [-0.3, -0.25) is 24.1 Å². The Morgan fingerprint density at radius 2 is 1.77 bits per heavy atom. The number of hydrogen-bond acceptors (Lipinski definition) is 7. The number of anilines is 1. The Labute approximate surface area is 245 Å². The molecule has 2 aliphatic heterocycles. The van der Waals surface area contributed by atoms with Crippen molar-refractivity contribution in [1.29, 1.82) is 0 Å². The van der Waals surface area contributed by atoms with Gasteiger partial charge in [0.25, 0.3) is 17.1 Å². The monoisotopic (exact) mass is 663 g/mol. The van der Waals surface area contributed by atoms with Gasteiger partial charge in [-0.05, 0) is 90.0 Å². The highest BCUT2D eigenvalue weighted by atomic mass is 127. The van der Waals surface area contributed by atoms with Gasteiger partial charge < -0.3 is 19.7 Å². The number of nitrogens with one attached hydrogen (secondary N) is 1. The van der Waals surface area contributed by atoms with Crippen LogP contribution in [-0.4, -0.2) is 65.6 Å². The number of amides is 4. The van der Waals surface area contributed by atoms with Gasteiger partial charge in [0, 0.05) is 18.8 Å². The smallest absolute Gasteiger partial charge is 0.294 e. The Hall–Kier alpha value is -3.06. The summed E-state index contributed by atoms with van der Waals surface area (Å²) < 4.78 is 12.2. The van der Waals surface area contributed by atoms with Crippen LogP contribution >= 0.6 is 34.4 Å².